The van der Waals surface area contributed by atoms with Gasteiger partial charge in [0.05, 0.1) is 0 Å². The van der Waals surface area contributed by atoms with E-state index in [0.29, 0.717) is 6.42 Å². The average Bonchev–Trinajstić information content (AvgIpc) is 2.14. The van der Waals surface area contributed by atoms with Crippen LogP contribution in [0.5, 0.6) is 0 Å². The van der Waals surface area contributed by atoms with Crippen LogP contribution in [-0.4, -0.2) is 12.0 Å². The molecule has 0 aliphatic rings. The SMILES string of the molecule is O=CCCCSc1ccccc1. The van der Waals surface area contributed by atoms with Crippen molar-refractivity contribution >= 4 is 18.0 Å². The van der Waals surface area contributed by atoms with Gasteiger partial charge in [0, 0.05) is 11.3 Å². The summed E-state index contributed by atoms with van der Waals surface area (Å²) in [4.78, 5) is 11.3. The molecule has 1 rings (SSSR count). The van der Waals surface area contributed by atoms with Crippen LogP contribution in [0.2, 0.25) is 0 Å². The van der Waals surface area contributed by atoms with Gasteiger partial charge in [0.2, 0.25) is 0 Å². The number of carbonyl (C=O) groups is 1. The first-order chi connectivity index (χ1) is 5.93. The second kappa shape index (κ2) is 5.84. The average molecular weight is 180 g/mol. The van der Waals surface area contributed by atoms with Crippen LogP contribution >= 0.6 is 11.8 Å². The second-order valence-electron chi connectivity index (χ2n) is 2.47. The van der Waals surface area contributed by atoms with E-state index in [1.807, 2.05) is 18.2 Å². The van der Waals surface area contributed by atoms with E-state index >= 15 is 0 Å². The number of carbonyl (C=O) groups excluding carboxylic acids is 1. The van der Waals surface area contributed by atoms with Crippen molar-refractivity contribution in [2.75, 3.05) is 5.75 Å². The largest absolute Gasteiger partial charge is 0.303 e. The zero-order chi connectivity index (χ0) is 8.65. The molecule has 0 spiro atoms. The molecule has 1 nitrogen and oxygen atoms in total. The van der Waals surface area contributed by atoms with Crippen molar-refractivity contribution in [2.45, 2.75) is 17.7 Å². The Balaban J connectivity index is 2.20. The molecule has 0 aromatic heterocycles. The Morgan fingerprint density at radius 1 is 1.25 bits per heavy atom. The van der Waals surface area contributed by atoms with Gasteiger partial charge < -0.3 is 4.79 Å². The Bertz CT molecular complexity index is 221. The number of rotatable bonds is 5. The van der Waals surface area contributed by atoms with Crippen LogP contribution in [0.25, 0.3) is 0 Å². The molecule has 2 heteroatoms. The number of hydrogen-bond donors (Lipinski definition) is 0. The van der Waals surface area contributed by atoms with Crippen LogP contribution in [-0.2, 0) is 4.79 Å². The Morgan fingerprint density at radius 2 is 2.00 bits per heavy atom. The molecule has 64 valence electrons. The van der Waals surface area contributed by atoms with Crippen molar-refractivity contribution < 1.29 is 4.79 Å². The molecule has 0 radical (unpaired) electrons. The van der Waals surface area contributed by atoms with Gasteiger partial charge in [-0.1, -0.05) is 18.2 Å². The first-order valence-electron chi connectivity index (χ1n) is 4.05. The summed E-state index contributed by atoms with van der Waals surface area (Å²) < 4.78 is 0. The third-order valence-electron chi connectivity index (χ3n) is 1.48. The number of hydrogen-bond acceptors (Lipinski definition) is 2. The predicted octanol–water partition coefficient (Wildman–Crippen LogP) is 2.76. The second-order valence-corrected chi connectivity index (χ2v) is 3.64. The van der Waals surface area contributed by atoms with E-state index in [2.05, 4.69) is 12.1 Å². The Morgan fingerprint density at radius 3 is 2.67 bits per heavy atom. The smallest absolute Gasteiger partial charge is 0.120 e. The maximum Gasteiger partial charge on any atom is 0.120 e. The van der Waals surface area contributed by atoms with E-state index in [0.717, 1.165) is 18.5 Å². The van der Waals surface area contributed by atoms with Crippen LogP contribution < -0.4 is 0 Å². The summed E-state index contributed by atoms with van der Waals surface area (Å²) in [5, 5.41) is 0. The zero-order valence-electron chi connectivity index (χ0n) is 6.90. The first kappa shape index (κ1) is 9.33. The van der Waals surface area contributed by atoms with Gasteiger partial charge >= 0.3 is 0 Å². The predicted molar refractivity (Wildman–Crippen MR) is 52.5 cm³/mol. The van der Waals surface area contributed by atoms with Gasteiger partial charge in [-0.2, -0.15) is 0 Å². The lowest BCUT2D eigenvalue weighted by molar-refractivity contribution is -0.107. The monoisotopic (exact) mass is 180 g/mol. The van der Waals surface area contributed by atoms with E-state index in [1.54, 1.807) is 11.8 Å². The third kappa shape index (κ3) is 3.58. The highest BCUT2D eigenvalue weighted by atomic mass is 32.2. The minimum atomic E-state index is 0.680. The van der Waals surface area contributed by atoms with Gasteiger partial charge in [0.15, 0.2) is 0 Å². The van der Waals surface area contributed by atoms with Crippen LogP contribution in [0.4, 0.5) is 0 Å². The lowest BCUT2D eigenvalue weighted by atomic mass is 10.4. The summed E-state index contributed by atoms with van der Waals surface area (Å²) >= 11 is 1.80. The van der Waals surface area contributed by atoms with Crippen molar-refractivity contribution in [3.8, 4) is 0 Å². The fourth-order valence-corrected chi connectivity index (χ4v) is 1.77. The van der Waals surface area contributed by atoms with Crippen molar-refractivity contribution in [1.29, 1.82) is 0 Å². The van der Waals surface area contributed by atoms with Gasteiger partial charge in [0.1, 0.15) is 6.29 Å². The van der Waals surface area contributed by atoms with Crippen molar-refractivity contribution in [3.63, 3.8) is 0 Å². The molecule has 0 saturated carbocycles. The molecule has 0 aliphatic heterocycles. The van der Waals surface area contributed by atoms with Gasteiger partial charge in [-0.25, -0.2) is 0 Å². The lowest BCUT2D eigenvalue weighted by Crippen LogP contribution is -1.80. The fourth-order valence-electron chi connectivity index (χ4n) is 0.873. The minimum Gasteiger partial charge on any atom is -0.303 e. The Kier molecular flexibility index (Phi) is 4.54. The molecule has 1 aromatic rings. The zero-order valence-corrected chi connectivity index (χ0v) is 7.72. The Labute approximate surface area is 77.2 Å². The van der Waals surface area contributed by atoms with E-state index in [1.165, 1.54) is 4.90 Å². The van der Waals surface area contributed by atoms with Gasteiger partial charge in [-0.3, -0.25) is 0 Å². The summed E-state index contributed by atoms with van der Waals surface area (Å²) in [5.74, 6) is 1.03. The van der Waals surface area contributed by atoms with E-state index in [9.17, 15) is 4.79 Å². The standard InChI is InChI=1S/C10H12OS/c11-8-4-5-9-12-10-6-2-1-3-7-10/h1-3,6-8H,4-5,9H2. The quantitative estimate of drug-likeness (QED) is 0.394. The topological polar surface area (TPSA) is 17.1 Å². The number of unbranched alkanes of at least 4 members (excludes halogenated alkanes) is 1. The molecule has 0 fully saturated rings. The minimum absolute atomic E-state index is 0.680. The number of thioether (sulfide) groups is 1. The Hall–Kier alpha value is -0.760. The maximum atomic E-state index is 10.0. The van der Waals surface area contributed by atoms with Crippen LogP contribution in [0.15, 0.2) is 35.2 Å². The summed E-state index contributed by atoms with van der Waals surface area (Å²) in [6.45, 7) is 0. The van der Waals surface area contributed by atoms with E-state index in [4.69, 9.17) is 0 Å². The number of benzene rings is 1. The van der Waals surface area contributed by atoms with Crippen molar-refractivity contribution in [2.24, 2.45) is 0 Å². The molecule has 1 aromatic carbocycles. The highest BCUT2D eigenvalue weighted by molar-refractivity contribution is 7.99. The number of aldehydes is 1. The molecule has 0 atom stereocenters. The highest BCUT2D eigenvalue weighted by Gasteiger charge is 1.91. The molecule has 0 heterocycles. The highest BCUT2D eigenvalue weighted by Crippen LogP contribution is 2.17. The summed E-state index contributed by atoms with van der Waals surface area (Å²) in [6, 6.07) is 10.2. The van der Waals surface area contributed by atoms with E-state index in [-0.39, 0.29) is 0 Å². The molecule has 0 bridgehead atoms. The normalized spacial score (nSPS) is 9.67. The lowest BCUT2D eigenvalue weighted by Gasteiger charge is -1.97. The molecular weight excluding hydrogens is 168 g/mol. The van der Waals surface area contributed by atoms with Gasteiger partial charge in [0.25, 0.3) is 0 Å². The van der Waals surface area contributed by atoms with Crippen molar-refractivity contribution in [3.05, 3.63) is 30.3 Å². The van der Waals surface area contributed by atoms with Crippen molar-refractivity contribution in [1.82, 2.24) is 0 Å². The first-order valence-corrected chi connectivity index (χ1v) is 5.03. The molecule has 0 N–H and O–H groups in total. The molecule has 0 unspecified atom stereocenters. The van der Waals surface area contributed by atoms with Crippen LogP contribution in [0, 0.1) is 0 Å². The molecular formula is C10H12OS. The fraction of sp³-hybridized carbons (Fsp3) is 0.300. The van der Waals surface area contributed by atoms with Crippen LogP contribution in [0.3, 0.4) is 0 Å². The van der Waals surface area contributed by atoms with E-state index < -0.39 is 0 Å². The molecule has 12 heavy (non-hydrogen) atoms. The summed E-state index contributed by atoms with van der Waals surface area (Å²) in [6.07, 6.45) is 2.63. The van der Waals surface area contributed by atoms with Gasteiger partial charge in [-0.15, -0.1) is 11.8 Å². The van der Waals surface area contributed by atoms with Crippen LogP contribution in [0.1, 0.15) is 12.8 Å². The maximum absolute atomic E-state index is 10.0. The summed E-state index contributed by atoms with van der Waals surface area (Å²) in [7, 11) is 0. The third-order valence-corrected chi connectivity index (χ3v) is 2.58. The summed E-state index contributed by atoms with van der Waals surface area (Å²) in [5.41, 5.74) is 0. The molecule has 0 saturated heterocycles. The van der Waals surface area contributed by atoms with Gasteiger partial charge in [-0.05, 0) is 24.3 Å². The molecule has 0 amide bonds. The molecule has 0 aliphatic carbocycles.